The molecule has 0 fully saturated rings. The number of amides is 2. The molecule has 30 heavy (non-hydrogen) atoms. The maximum atomic E-state index is 13.6. The number of carbonyl (C=O) groups is 2. The lowest BCUT2D eigenvalue weighted by molar-refractivity contribution is -0.122. The summed E-state index contributed by atoms with van der Waals surface area (Å²) in [6.07, 6.45) is 0.756. The lowest BCUT2D eigenvalue weighted by Crippen LogP contribution is -2.39. The van der Waals surface area contributed by atoms with Gasteiger partial charge in [-0.25, -0.2) is 8.78 Å². The van der Waals surface area contributed by atoms with Gasteiger partial charge in [0.25, 0.3) is 5.91 Å². The molecule has 1 atom stereocenters. The van der Waals surface area contributed by atoms with E-state index in [-0.39, 0.29) is 21.9 Å². The van der Waals surface area contributed by atoms with Gasteiger partial charge >= 0.3 is 0 Å². The molecule has 2 rings (SSSR count). The van der Waals surface area contributed by atoms with Gasteiger partial charge in [-0.3, -0.25) is 9.59 Å². The second-order valence-corrected chi connectivity index (χ2v) is 6.67. The molecular weight excluding hydrogens is 418 g/mol. The molecule has 2 amide bonds. The summed E-state index contributed by atoms with van der Waals surface area (Å²) in [7, 11) is 1.37. The highest BCUT2D eigenvalue weighted by molar-refractivity contribution is 6.32. The maximum absolute atomic E-state index is 13.6. The zero-order valence-electron chi connectivity index (χ0n) is 16.9. The van der Waals surface area contributed by atoms with Gasteiger partial charge in [0.2, 0.25) is 5.91 Å². The Balaban J connectivity index is 2.36. The Morgan fingerprint density at radius 3 is 2.43 bits per heavy atom. The molecule has 0 saturated carbocycles. The molecule has 0 radical (unpaired) electrons. The highest BCUT2D eigenvalue weighted by Gasteiger charge is 2.25. The van der Waals surface area contributed by atoms with E-state index in [4.69, 9.17) is 21.1 Å². The number of hydrogen-bond acceptors (Lipinski definition) is 4. The van der Waals surface area contributed by atoms with E-state index in [0.29, 0.717) is 19.0 Å². The van der Waals surface area contributed by atoms with E-state index in [1.807, 2.05) is 6.92 Å². The van der Waals surface area contributed by atoms with Crippen molar-refractivity contribution in [1.29, 1.82) is 0 Å². The zero-order chi connectivity index (χ0) is 22.3. The Morgan fingerprint density at radius 1 is 1.10 bits per heavy atom. The predicted molar refractivity (Wildman–Crippen MR) is 109 cm³/mol. The molecule has 0 heterocycles. The summed E-state index contributed by atoms with van der Waals surface area (Å²) in [4.78, 5) is 25.1. The average molecular weight is 441 g/mol. The van der Waals surface area contributed by atoms with E-state index in [2.05, 4.69) is 10.6 Å². The summed E-state index contributed by atoms with van der Waals surface area (Å²) >= 11 is 6.28. The van der Waals surface area contributed by atoms with E-state index in [1.54, 1.807) is 6.92 Å². The molecule has 0 aliphatic carbocycles. The number of ether oxygens (including phenoxy) is 2. The number of likely N-dealkylation sites (N-methyl/N-ethyl adjacent to an activating group) is 1. The van der Waals surface area contributed by atoms with Crippen LogP contribution in [-0.4, -0.2) is 32.1 Å². The molecule has 0 aliphatic rings. The van der Waals surface area contributed by atoms with Crippen LogP contribution in [0, 0.1) is 11.6 Å². The summed E-state index contributed by atoms with van der Waals surface area (Å²) in [6, 6.07) is 4.55. The Hall–Kier alpha value is -2.87. The third-order valence-electron chi connectivity index (χ3n) is 4.08. The van der Waals surface area contributed by atoms with Crippen molar-refractivity contribution in [3.63, 3.8) is 0 Å². The summed E-state index contributed by atoms with van der Waals surface area (Å²) in [5.41, 5.74) is 0.199. The van der Waals surface area contributed by atoms with Gasteiger partial charge in [-0.15, -0.1) is 0 Å². The lowest BCUT2D eigenvalue weighted by Gasteiger charge is -2.19. The van der Waals surface area contributed by atoms with Crippen LogP contribution in [0.3, 0.4) is 0 Å². The van der Waals surface area contributed by atoms with Gasteiger partial charge < -0.3 is 20.1 Å². The molecule has 2 aromatic rings. The monoisotopic (exact) mass is 440 g/mol. The highest BCUT2D eigenvalue weighted by Crippen LogP contribution is 2.37. The summed E-state index contributed by atoms with van der Waals surface area (Å²) in [6.45, 7) is 4.45. The van der Waals surface area contributed by atoms with Crippen LogP contribution in [0.5, 0.6) is 11.5 Å². The van der Waals surface area contributed by atoms with E-state index >= 15 is 0 Å². The van der Waals surface area contributed by atoms with Crippen molar-refractivity contribution in [3.05, 3.63) is 58.1 Å². The SMILES string of the molecule is CCCOc1c(Cl)cc(C(=O)NC(C(=O)NC)c2ccc(F)c(F)c2)cc1OCC. The van der Waals surface area contributed by atoms with Crippen LogP contribution < -0.4 is 20.1 Å². The van der Waals surface area contributed by atoms with Gasteiger partial charge in [0.05, 0.1) is 18.2 Å². The Labute approximate surface area is 178 Å². The fraction of sp³-hybridized carbons (Fsp3) is 0.333. The van der Waals surface area contributed by atoms with Crippen LogP contribution in [0.25, 0.3) is 0 Å². The first-order chi connectivity index (χ1) is 14.3. The van der Waals surface area contributed by atoms with Gasteiger partial charge in [0.15, 0.2) is 23.1 Å². The summed E-state index contributed by atoms with van der Waals surface area (Å²) < 4.78 is 38.0. The first kappa shape index (κ1) is 23.4. The Morgan fingerprint density at radius 2 is 1.83 bits per heavy atom. The minimum atomic E-state index is -1.25. The largest absolute Gasteiger partial charge is 0.490 e. The quantitative estimate of drug-likeness (QED) is 0.617. The average Bonchev–Trinajstić information content (AvgIpc) is 2.72. The molecule has 1 unspecified atom stereocenters. The minimum Gasteiger partial charge on any atom is -0.490 e. The van der Waals surface area contributed by atoms with Crippen molar-refractivity contribution < 1.29 is 27.8 Å². The lowest BCUT2D eigenvalue weighted by atomic mass is 10.0. The van der Waals surface area contributed by atoms with Crippen molar-refractivity contribution in [3.8, 4) is 11.5 Å². The first-order valence-electron chi connectivity index (χ1n) is 9.38. The minimum absolute atomic E-state index is 0.0839. The molecular formula is C21H23ClF2N2O4. The highest BCUT2D eigenvalue weighted by atomic mass is 35.5. The number of benzene rings is 2. The third-order valence-corrected chi connectivity index (χ3v) is 4.36. The van der Waals surface area contributed by atoms with E-state index < -0.39 is 29.5 Å². The fourth-order valence-corrected chi connectivity index (χ4v) is 2.92. The fourth-order valence-electron chi connectivity index (χ4n) is 2.66. The van der Waals surface area contributed by atoms with Crippen LogP contribution in [0.15, 0.2) is 30.3 Å². The van der Waals surface area contributed by atoms with Crippen LogP contribution in [0.2, 0.25) is 5.02 Å². The molecule has 2 aromatic carbocycles. The van der Waals surface area contributed by atoms with Gasteiger partial charge in [0.1, 0.15) is 6.04 Å². The number of nitrogens with one attached hydrogen (secondary N) is 2. The molecule has 0 aliphatic heterocycles. The molecule has 0 spiro atoms. The standard InChI is InChI=1S/C21H23ClF2N2O4/c1-4-8-30-19-14(22)9-13(11-17(19)29-5-2)20(27)26-18(21(28)25-3)12-6-7-15(23)16(24)10-12/h6-7,9-11,18H,4-5,8H2,1-3H3,(H,25,28)(H,26,27). The molecule has 2 N–H and O–H groups in total. The van der Waals surface area contributed by atoms with Crippen molar-refractivity contribution in [1.82, 2.24) is 10.6 Å². The zero-order valence-corrected chi connectivity index (χ0v) is 17.6. The molecule has 0 saturated heterocycles. The number of rotatable bonds is 9. The molecule has 9 heteroatoms. The van der Waals surface area contributed by atoms with Crippen LogP contribution >= 0.6 is 11.6 Å². The number of hydrogen-bond donors (Lipinski definition) is 2. The molecule has 0 aromatic heterocycles. The second kappa shape index (κ2) is 10.8. The van der Waals surface area contributed by atoms with E-state index in [0.717, 1.165) is 18.6 Å². The van der Waals surface area contributed by atoms with Crippen molar-refractivity contribution in [2.24, 2.45) is 0 Å². The van der Waals surface area contributed by atoms with Gasteiger partial charge in [-0.2, -0.15) is 0 Å². The van der Waals surface area contributed by atoms with Gasteiger partial charge in [-0.1, -0.05) is 24.6 Å². The number of carbonyl (C=O) groups excluding carboxylic acids is 2. The Bertz CT molecular complexity index is 924. The first-order valence-corrected chi connectivity index (χ1v) is 9.76. The smallest absolute Gasteiger partial charge is 0.252 e. The second-order valence-electron chi connectivity index (χ2n) is 6.26. The van der Waals surface area contributed by atoms with Crippen molar-refractivity contribution in [2.75, 3.05) is 20.3 Å². The van der Waals surface area contributed by atoms with Gasteiger partial charge in [0, 0.05) is 12.6 Å². The van der Waals surface area contributed by atoms with E-state index in [1.165, 1.54) is 25.2 Å². The van der Waals surface area contributed by atoms with Crippen molar-refractivity contribution >= 4 is 23.4 Å². The topological polar surface area (TPSA) is 76.7 Å². The van der Waals surface area contributed by atoms with Crippen LogP contribution in [0.1, 0.15) is 42.2 Å². The summed E-state index contributed by atoms with van der Waals surface area (Å²) in [5.74, 6) is -2.84. The molecule has 6 nitrogen and oxygen atoms in total. The normalized spacial score (nSPS) is 11.5. The van der Waals surface area contributed by atoms with Crippen LogP contribution in [0.4, 0.5) is 8.78 Å². The predicted octanol–water partition coefficient (Wildman–Crippen LogP) is 4.02. The van der Waals surface area contributed by atoms with Crippen LogP contribution in [-0.2, 0) is 4.79 Å². The molecule has 162 valence electrons. The third kappa shape index (κ3) is 5.60. The molecule has 0 bridgehead atoms. The van der Waals surface area contributed by atoms with Gasteiger partial charge in [-0.05, 0) is 43.2 Å². The number of halogens is 3. The van der Waals surface area contributed by atoms with Crippen molar-refractivity contribution in [2.45, 2.75) is 26.3 Å². The Kier molecular flexibility index (Phi) is 8.41. The maximum Gasteiger partial charge on any atom is 0.252 e. The summed E-state index contributed by atoms with van der Waals surface area (Å²) in [5, 5.41) is 5.07. The van der Waals surface area contributed by atoms with E-state index in [9.17, 15) is 18.4 Å².